The molecule has 4 nitrogen and oxygen atoms in total. The molecule has 1 fully saturated rings. The number of hydrogen-bond donors (Lipinski definition) is 2. The fourth-order valence-electron chi connectivity index (χ4n) is 1.25. The Morgan fingerprint density at radius 2 is 2.33 bits per heavy atom. The number of ether oxygens (including phenoxy) is 1. The first-order valence-electron chi connectivity index (χ1n) is 5.02. The zero-order chi connectivity index (χ0) is 10.7. The van der Waals surface area contributed by atoms with Gasteiger partial charge in [-0.15, -0.1) is 0 Å². The maximum absolute atomic E-state index is 11.3. The van der Waals surface area contributed by atoms with Gasteiger partial charge >= 0.3 is 0 Å². The molecule has 3 N–H and O–H groups in total. The fraction of sp³-hybridized carbons (Fsp3) is 0.364. The number of benzene rings is 1. The molecule has 0 spiro atoms. The van der Waals surface area contributed by atoms with E-state index in [1.165, 1.54) is 0 Å². The Kier molecular flexibility index (Phi) is 2.76. The summed E-state index contributed by atoms with van der Waals surface area (Å²) in [6.45, 7) is 0.0555. The average molecular weight is 206 g/mol. The van der Waals surface area contributed by atoms with Gasteiger partial charge in [0.15, 0.2) is 6.61 Å². The van der Waals surface area contributed by atoms with E-state index in [1.807, 2.05) is 0 Å². The fourth-order valence-corrected chi connectivity index (χ4v) is 1.25. The van der Waals surface area contributed by atoms with Crippen LogP contribution in [0, 0.1) is 0 Å². The van der Waals surface area contributed by atoms with Gasteiger partial charge in [0, 0.05) is 17.8 Å². The Morgan fingerprint density at radius 1 is 1.53 bits per heavy atom. The zero-order valence-electron chi connectivity index (χ0n) is 8.40. The molecule has 1 aromatic rings. The molecule has 0 bridgehead atoms. The SMILES string of the molecule is Nc1cccc(OCC(=O)NC2CC2)c1. The predicted octanol–water partition coefficient (Wildman–Crippen LogP) is 0.926. The third-order valence-corrected chi connectivity index (χ3v) is 2.17. The van der Waals surface area contributed by atoms with Gasteiger partial charge in [-0.2, -0.15) is 0 Å². The summed E-state index contributed by atoms with van der Waals surface area (Å²) in [4.78, 5) is 11.3. The van der Waals surface area contributed by atoms with Crippen molar-refractivity contribution in [3.05, 3.63) is 24.3 Å². The monoisotopic (exact) mass is 206 g/mol. The van der Waals surface area contributed by atoms with Crippen LogP contribution >= 0.6 is 0 Å². The molecule has 1 aromatic carbocycles. The first-order chi connectivity index (χ1) is 7.24. The van der Waals surface area contributed by atoms with Crippen molar-refractivity contribution >= 4 is 11.6 Å². The maximum Gasteiger partial charge on any atom is 0.258 e. The first-order valence-corrected chi connectivity index (χ1v) is 5.02. The van der Waals surface area contributed by atoms with Gasteiger partial charge in [-0.3, -0.25) is 4.79 Å². The van der Waals surface area contributed by atoms with Gasteiger partial charge in [0.1, 0.15) is 5.75 Å². The van der Waals surface area contributed by atoms with Crippen molar-refractivity contribution in [2.45, 2.75) is 18.9 Å². The minimum Gasteiger partial charge on any atom is -0.484 e. The molecule has 1 aliphatic carbocycles. The van der Waals surface area contributed by atoms with Gasteiger partial charge in [0.25, 0.3) is 5.91 Å². The van der Waals surface area contributed by atoms with Crippen molar-refractivity contribution in [1.29, 1.82) is 0 Å². The molecule has 4 heteroatoms. The number of rotatable bonds is 4. The molecule has 0 atom stereocenters. The number of anilines is 1. The lowest BCUT2D eigenvalue weighted by atomic mass is 10.3. The topological polar surface area (TPSA) is 64.3 Å². The molecule has 0 aromatic heterocycles. The van der Waals surface area contributed by atoms with Crippen LogP contribution in [-0.2, 0) is 4.79 Å². The molecule has 0 heterocycles. The van der Waals surface area contributed by atoms with Crippen molar-refractivity contribution in [2.24, 2.45) is 0 Å². The van der Waals surface area contributed by atoms with E-state index in [-0.39, 0.29) is 12.5 Å². The average Bonchev–Trinajstić information content (AvgIpc) is 2.99. The lowest BCUT2D eigenvalue weighted by Gasteiger charge is -2.06. The molecule has 1 amide bonds. The Labute approximate surface area is 88.4 Å². The summed E-state index contributed by atoms with van der Waals surface area (Å²) in [6, 6.07) is 7.42. The zero-order valence-corrected chi connectivity index (χ0v) is 8.40. The van der Waals surface area contributed by atoms with E-state index >= 15 is 0 Å². The van der Waals surface area contributed by atoms with Crippen LogP contribution in [0.3, 0.4) is 0 Å². The molecule has 80 valence electrons. The highest BCUT2D eigenvalue weighted by Gasteiger charge is 2.23. The minimum absolute atomic E-state index is 0.0555. The van der Waals surface area contributed by atoms with Crippen LogP contribution in [0.1, 0.15) is 12.8 Å². The van der Waals surface area contributed by atoms with Crippen LogP contribution in [0.2, 0.25) is 0 Å². The highest BCUT2D eigenvalue weighted by Crippen LogP contribution is 2.18. The standard InChI is InChI=1S/C11H14N2O2/c12-8-2-1-3-10(6-8)15-7-11(14)13-9-4-5-9/h1-3,6,9H,4-5,7,12H2,(H,13,14). The smallest absolute Gasteiger partial charge is 0.258 e. The molecule has 0 radical (unpaired) electrons. The Balaban J connectivity index is 1.78. The normalized spacial score (nSPS) is 14.7. The number of amides is 1. The Bertz CT molecular complexity index is 361. The summed E-state index contributed by atoms with van der Waals surface area (Å²) in [5.41, 5.74) is 6.21. The van der Waals surface area contributed by atoms with Crippen LogP contribution < -0.4 is 15.8 Å². The second kappa shape index (κ2) is 4.21. The number of hydrogen-bond acceptors (Lipinski definition) is 3. The van der Waals surface area contributed by atoms with E-state index in [9.17, 15) is 4.79 Å². The lowest BCUT2D eigenvalue weighted by Crippen LogP contribution is -2.30. The molecule has 0 unspecified atom stereocenters. The summed E-state index contributed by atoms with van der Waals surface area (Å²) in [7, 11) is 0. The molecule has 1 saturated carbocycles. The van der Waals surface area contributed by atoms with Crippen molar-refractivity contribution < 1.29 is 9.53 Å². The van der Waals surface area contributed by atoms with E-state index in [4.69, 9.17) is 10.5 Å². The Morgan fingerprint density at radius 3 is 3.00 bits per heavy atom. The highest BCUT2D eigenvalue weighted by molar-refractivity contribution is 5.78. The van der Waals surface area contributed by atoms with Crippen molar-refractivity contribution in [1.82, 2.24) is 5.32 Å². The van der Waals surface area contributed by atoms with Crippen molar-refractivity contribution in [2.75, 3.05) is 12.3 Å². The van der Waals surface area contributed by atoms with Crippen molar-refractivity contribution in [3.8, 4) is 5.75 Å². The summed E-state index contributed by atoms with van der Waals surface area (Å²) >= 11 is 0. The lowest BCUT2D eigenvalue weighted by molar-refractivity contribution is -0.123. The largest absolute Gasteiger partial charge is 0.484 e. The van der Waals surface area contributed by atoms with E-state index in [2.05, 4.69) is 5.32 Å². The van der Waals surface area contributed by atoms with E-state index in [0.717, 1.165) is 12.8 Å². The van der Waals surface area contributed by atoms with Gasteiger partial charge in [-0.05, 0) is 25.0 Å². The molecule has 15 heavy (non-hydrogen) atoms. The molecule has 1 aliphatic rings. The third kappa shape index (κ3) is 3.16. The molecular formula is C11H14N2O2. The third-order valence-electron chi connectivity index (χ3n) is 2.17. The van der Waals surface area contributed by atoms with Gasteiger partial charge in [0.05, 0.1) is 0 Å². The minimum atomic E-state index is -0.0695. The molecule has 0 saturated heterocycles. The van der Waals surface area contributed by atoms with Gasteiger partial charge in [-0.1, -0.05) is 6.07 Å². The number of nitrogens with two attached hydrogens (primary N) is 1. The van der Waals surface area contributed by atoms with Crippen LogP contribution in [0.25, 0.3) is 0 Å². The van der Waals surface area contributed by atoms with Crippen LogP contribution in [0.4, 0.5) is 5.69 Å². The van der Waals surface area contributed by atoms with Crippen molar-refractivity contribution in [3.63, 3.8) is 0 Å². The molecular weight excluding hydrogens is 192 g/mol. The number of nitrogens with one attached hydrogen (secondary N) is 1. The predicted molar refractivity (Wildman–Crippen MR) is 57.5 cm³/mol. The summed E-state index contributed by atoms with van der Waals surface area (Å²) in [5.74, 6) is 0.556. The Hall–Kier alpha value is -1.71. The molecule has 0 aliphatic heterocycles. The second-order valence-electron chi connectivity index (χ2n) is 3.70. The second-order valence-corrected chi connectivity index (χ2v) is 3.70. The highest BCUT2D eigenvalue weighted by atomic mass is 16.5. The first kappa shape index (κ1) is 9.83. The van der Waals surface area contributed by atoms with E-state index < -0.39 is 0 Å². The molecule has 2 rings (SSSR count). The quantitative estimate of drug-likeness (QED) is 0.720. The van der Waals surface area contributed by atoms with Crippen LogP contribution in [-0.4, -0.2) is 18.6 Å². The maximum atomic E-state index is 11.3. The summed E-state index contributed by atoms with van der Waals surface area (Å²) in [5, 5.41) is 2.84. The number of carbonyl (C=O) groups is 1. The van der Waals surface area contributed by atoms with E-state index in [0.29, 0.717) is 17.5 Å². The summed E-state index contributed by atoms with van der Waals surface area (Å²) < 4.78 is 5.29. The van der Waals surface area contributed by atoms with E-state index in [1.54, 1.807) is 24.3 Å². The van der Waals surface area contributed by atoms with Crippen LogP contribution in [0.15, 0.2) is 24.3 Å². The van der Waals surface area contributed by atoms with Gasteiger partial charge in [0.2, 0.25) is 0 Å². The number of nitrogen functional groups attached to an aromatic ring is 1. The van der Waals surface area contributed by atoms with Crippen LogP contribution in [0.5, 0.6) is 5.75 Å². The van der Waals surface area contributed by atoms with Gasteiger partial charge < -0.3 is 15.8 Å². The number of carbonyl (C=O) groups excluding carboxylic acids is 1. The van der Waals surface area contributed by atoms with Gasteiger partial charge in [-0.25, -0.2) is 0 Å². The summed E-state index contributed by atoms with van der Waals surface area (Å²) in [6.07, 6.45) is 2.17.